The minimum absolute atomic E-state index is 0.263. The van der Waals surface area contributed by atoms with Crippen LogP contribution >= 0.6 is 0 Å². The van der Waals surface area contributed by atoms with E-state index in [4.69, 9.17) is 10.5 Å². The van der Waals surface area contributed by atoms with Gasteiger partial charge in [-0.1, -0.05) is 193 Å². The van der Waals surface area contributed by atoms with Gasteiger partial charge in [0, 0.05) is 0 Å². The van der Waals surface area contributed by atoms with Gasteiger partial charge in [-0.3, -0.25) is 0 Å². The summed E-state index contributed by atoms with van der Waals surface area (Å²) in [4.78, 5) is 0. The average molecular weight is 592 g/mol. The zero-order valence-electron chi connectivity index (χ0n) is 28.8. The van der Waals surface area contributed by atoms with E-state index >= 15 is 0 Å². The van der Waals surface area contributed by atoms with Crippen molar-refractivity contribution in [2.75, 3.05) is 6.61 Å². The maximum absolute atomic E-state index is 10.2. The molecule has 0 aromatic carbocycles. The Morgan fingerprint density at radius 2 is 0.786 bits per heavy atom. The fourth-order valence-electron chi connectivity index (χ4n) is 5.70. The quantitative estimate of drug-likeness (QED) is 0.0438. The van der Waals surface area contributed by atoms with Gasteiger partial charge in [-0.05, 0) is 31.8 Å². The van der Waals surface area contributed by atoms with Crippen LogP contribution in [0.3, 0.4) is 0 Å². The van der Waals surface area contributed by atoms with Crippen LogP contribution in [-0.4, -0.2) is 23.9 Å². The summed E-state index contributed by atoms with van der Waals surface area (Å²) >= 11 is 0. The summed E-state index contributed by atoms with van der Waals surface area (Å²) in [5.41, 5.74) is 6.11. The third-order valence-corrected chi connectivity index (χ3v) is 8.71. The van der Waals surface area contributed by atoms with Crippen molar-refractivity contribution in [2.45, 2.75) is 219 Å². The van der Waals surface area contributed by atoms with Crippen LogP contribution in [0.25, 0.3) is 0 Å². The molecule has 0 aromatic heterocycles. The van der Waals surface area contributed by atoms with E-state index in [1.54, 1.807) is 6.26 Å². The molecule has 42 heavy (non-hydrogen) atoms. The summed E-state index contributed by atoms with van der Waals surface area (Å²) in [6.07, 6.45) is 48.3. The Bertz CT molecular complexity index is 547. The van der Waals surface area contributed by atoms with Crippen molar-refractivity contribution in [3.63, 3.8) is 0 Å². The smallest absolute Gasteiger partial charge is 0.115 e. The third-order valence-electron chi connectivity index (χ3n) is 8.71. The summed E-state index contributed by atoms with van der Waals surface area (Å²) in [7, 11) is 0. The van der Waals surface area contributed by atoms with Crippen molar-refractivity contribution in [1.82, 2.24) is 0 Å². The van der Waals surface area contributed by atoms with E-state index in [0.29, 0.717) is 0 Å². The van der Waals surface area contributed by atoms with E-state index in [1.807, 2.05) is 6.08 Å². The Morgan fingerprint density at radius 3 is 1.14 bits per heavy atom. The highest BCUT2D eigenvalue weighted by molar-refractivity contribution is 4.95. The zero-order valence-corrected chi connectivity index (χ0v) is 28.8. The minimum atomic E-state index is -0.650. The van der Waals surface area contributed by atoms with Crippen LogP contribution in [0.4, 0.5) is 0 Å². The van der Waals surface area contributed by atoms with E-state index in [-0.39, 0.29) is 12.6 Å². The van der Waals surface area contributed by atoms with E-state index in [9.17, 15) is 5.11 Å². The molecule has 0 heterocycles. The SMILES string of the molecule is CCCCCCCCCCCCCCCCC=COCC(O)C(N)C=CCCCCCCCCCCCCCCCC. The number of allylic oxidation sites excluding steroid dienone is 2. The number of rotatable bonds is 35. The van der Waals surface area contributed by atoms with Crippen LogP contribution in [-0.2, 0) is 4.74 Å². The maximum atomic E-state index is 10.2. The normalized spacial score (nSPS) is 13.4. The highest BCUT2D eigenvalue weighted by Crippen LogP contribution is 2.15. The van der Waals surface area contributed by atoms with Gasteiger partial charge >= 0.3 is 0 Å². The molecule has 250 valence electrons. The van der Waals surface area contributed by atoms with Gasteiger partial charge in [0.2, 0.25) is 0 Å². The molecule has 0 radical (unpaired) electrons. The lowest BCUT2D eigenvalue weighted by Crippen LogP contribution is -2.35. The first-order valence-electron chi connectivity index (χ1n) is 19.1. The molecule has 0 bridgehead atoms. The van der Waals surface area contributed by atoms with Crippen LogP contribution < -0.4 is 5.73 Å². The van der Waals surface area contributed by atoms with Crippen LogP contribution in [0.15, 0.2) is 24.5 Å². The molecule has 0 fully saturated rings. The molecule has 0 amide bonds. The molecule has 3 N–H and O–H groups in total. The molecule has 2 unspecified atom stereocenters. The van der Waals surface area contributed by atoms with Gasteiger partial charge in [0.05, 0.1) is 12.3 Å². The Balaban J connectivity index is 3.39. The number of aliphatic hydroxyl groups excluding tert-OH is 1. The molecule has 0 rings (SSSR count). The molecule has 0 aliphatic rings. The molecule has 3 nitrogen and oxygen atoms in total. The largest absolute Gasteiger partial charge is 0.499 e. The monoisotopic (exact) mass is 592 g/mol. The second-order valence-electron chi connectivity index (χ2n) is 13.0. The standard InChI is InChI=1S/C39H77NO2/c1-3-5-7-9-11-13-15-17-19-21-23-25-27-29-31-33-35-38(40)39(41)37-42-36-34-32-30-28-26-24-22-20-18-16-14-12-10-8-6-4-2/h33-36,38-39,41H,3-32,37,40H2,1-2H3. The van der Waals surface area contributed by atoms with Crippen LogP contribution in [0.1, 0.15) is 206 Å². The number of ether oxygens (including phenoxy) is 1. The fourth-order valence-corrected chi connectivity index (χ4v) is 5.70. The van der Waals surface area contributed by atoms with Crippen molar-refractivity contribution in [1.29, 1.82) is 0 Å². The second kappa shape index (κ2) is 36.4. The van der Waals surface area contributed by atoms with E-state index in [0.717, 1.165) is 12.8 Å². The number of hydrogen-bond donors (Lipinski definition) is 2. The number of nitrogens with two attached hydrogens (primary N) is 1. The van der Waals surface area contributed by atoms with Crippen molar-refractivity contribution in [3.05, 3.63) is 24.5 Å². The molecule has 3 heteroatoms. The van der Waals surface area contributed by atoms with Gasteiger partial charge in [0.1, 0.15) is 12.7 Å². The van der Waals surface area contributed by atoms with Crippen molar-refractivity contribution >= 4 is 0 Å². The Hall–Kier alpha value is -0.800. The molecule has 0 aliphatic heterocycles. The predicted molar refractivity (Wildman–Crippen MR) is 188 cm³/mol. The fraction of sp³-hybridized carbons (Fsp3) is 0.897. The van der Waals surface area contributed by atoms with Gasteiger partial charge in [-0.15, -0.1) is 0 Å². The molecule has 0 saturated carbocycles. The summed E-state index contributed by atoms with van der Waals surface area (Å²) in [5, 5.41) is 10.2. The summed E-state index contributed by atoms with van der Waals surface area (Å²) < 4.78 is 5.52. The molecule has 0 spiro atoms. The lowest BCUT2D eigenvalue weighted by Gasteiger charge is -2.14. The van der Waals surface area contributed by atoms with Crippen molar-refractivity contribution in [2.24, 2.45) is 5.73 Å². The lowest BCUT2D eigenvalue weighted by atomic mass is 10.0. The maximum Gasteiger partial charge on any atom is 0.115 e. The average Bonchev–Trinajstić information content (AvgIpc) is 3.00. The summed E-state index contributed by atoms with van der Waals surface area (Å²) in [6.45, 7) is 4.84. The Kier molecular flexibility index (Phi) is 35.7. The highest BCUT2D eigenvalue weighted by atomic mass is 16.5. The zero-order chi connectivity index (χ0) is 30.6. The number of unbranched alkanes of at least 4 members (excludes halogenated alkanes) is 28. The first-order valence-corrected chi connectivity index (χ1v) is 19.1. The Labute approximate surface area is 264 Å². The summed E-state index contributed by atoms with van der Waals surface area (Å²) in [6, 6.07) is -0.351. The topological polar surface area (TPSA) is 55.5 Å². The lowest BCUT2D eigenvalue weighted by molar-refractivity contribution is 0.0750. The molecule has 0 saturated heterocycles. The molecule has 0 aliphatic carbocycles. The number of hydrogen-bond acceptors (Lipinski definition) is 3. The number of aliphatic hydroxyl groups is 1. The van der Waals surface area contributed by atoms with Gasteiger partial charge < -0.3 is 15.6 Å². The second-order valence-corrected chi connectivity index (χ2v) is 13.0. The first-order chi connectivity index (χ1) is 20.7. The van der Waals surface area contributed by atoms with Gasteiger partial charge in [0.25, 0.3) is 0 Å². The van der Waals surface area contributed by atoms with Crippen molar-refractivity contribution in [3.8, 4) is 0 Å². The van der Waals surface area contributed by atoms with Gasteiger partial charge in [-0.25, -0.2) is 0 Å². The van der Waals surface area contributed by atoms with Crippen molar-refractivity contribution < 1.29 is 9.84 Å². The van der Waals surface area contributed by atoms with Crippen LogP contribution in [0, 0.1) is 0 Å². The van der Waals surface area contributed by atoms with E-state index in [1.165, 1.54) is 180 Å². The minimum Gasteiger partial charge on any atom is -0.499 e. The molecule has 0 aromatic rings. The molecular formula is C39H77NO2. The molecule has 2 atom stereocenters. The van der Waals surface area contributed by atoms with Gasteiger partial charge in [-0.2, -0.15) is 0 Å². The Morgan fingerprint density at radius 1 is 0.476 bits per heavy atom. The highest BCUT2D eigenvalue weighted by Gasteiger charge is 2.11. The summed E-state index contributed by atoms with van der Waals surface area (Å²) in [5.74, 6) is 0. The van der Waals surface area contributed by atoms with Crippen LogP contribution in [0.2, 0.25) is 0 Å². The van der Waals surface area contributed by atoms with E-state index < -0.39 is 6.10 Å². The first kappa shape index (κ1) is 41.2. The van der Waals surface area contributed by atoms with Gasteiger partial charge in [0.15, 0.2) is 0 Å². The predicted octanol–water partition coefficient (Wildman–Crippen LogP) is 12.5. The van der Waals surface area contributed by atoms with E-state index in [2.05, 4.69) is 26.0 Å². The molecular weight excluding hydrogens is 514 g/mol. The third kappa shape index (κ3) is 33.7. The van der Waals surface area contributed by atoms with Crippen LogP contribution in [0.5, 0.6) is 0 Å².